The first-order valence-electron chi connectivity index (χ1n) is 14.0. The summed E-state index contributed by atoms with van der Waals surface area (Å²) in [5.41, 5.74) is -1.93. The molecule has 3 aliphatic rings. The Bertz CT molecular complexity index is 1850. The van der Waals surface area contributed by atoms with Crippen molar-refractivity contribution in [2.75, 3.05) is 37.7 Å². The van der Waals surface area contributed by atoms with E-state index in [1.165, 1.54) is 11.0 Å². The normalized spacial score (nSPS) is 23.3. The highest BCUT2D eigenvalue weighted by molar-refractivity contribution is 7.17. The molecule has 7 rings (SSSR count). The van der Waals surface area contributed by atoms with Crippen molar-refractivity contribution in [3.8, 4) is 29.2 Å². The minimum absolute atomic E-state index is 0.00395. The summed E-state index contributed by atoms with van der Waals surface area (Å²) in [6.07, 6.45) is -2.02. The summed E-state index contributed by atoms with van der Waals surface area (Å²) >= 11 is 0.410. The molecule has 3 atom stereocenters. The van der Waals surface area contributed by atoms with Crippen molar-refractivity contribution in [3.63, 3.8) is 0 Å². The molecule has 0 saturated carbocycles. The number of rotatable bonds is 6. The molecule has 44 heavy (non-hydrogen) atoms. The summed E-state index contributed by atoms with van der Waals surface area (Å²) in [5, 5.41) is 8.43. The average molecular weight is 635 g/mol. The number of benzene rings is 1. The summed E-state index contributed by atoms with van der Waals surface area (Å²) < 4.78 is 99.4. The Hall–Kier alpha value is -3.90. The Morgan fingerprint density at radius 2 is 2.02 bits per heavy atom. The summed E-state index contributed by atoms with van der Waals surface area (Å²) in [5.74, 6) is -2.11. The van der Waals surface area contributed by atoms with Crippen molar-refractivity contribution >= 4 is 38.1 Å². The lowest BCUT2D eigenvalue weighted by molar-refractivity contribution is 0.107. The van der Waals surface area contributed by atoms with E-state index in [4.69, 9.17) is 9.47 Å². The van der Waals surface area contributed by atoms with Crippen LogP contribution in [0.15, 0.2) is 12.1 Å². The van der Waals surface area contributed by atoms with E-state index in [2.05, 4.69) is 15.0 Å². The molecule has 1 unspecified atom stereocenters. The third-order valence-electron chi connectivity index (χ3n) is 8.66. The Kier molecular flexibility index (Phi) is 6.96. The molecule has 2 fully saturated rings. The first-order valence-corrected chi connectivity index (χ1v) is 14.8. The highest BCUT2D eigenvalue weighted by atomic mass is 32.1. The molecule has 0 radical (unpaired) electrons. The molecule has 1 aromatic carbocycles. The molecular weight excluding hydrogens is 610 g/mol. The molecule has 0 bridgehead atoms. The van der Waals surface area contributed by atoms with Gasteiger partial charge >= 0.3 is 6.01 Å². The highest BCUT2D eigenvalue weighted by Gasteiger charge is 2.49. The van der Waals surface area contributed by atoms with Crippen molar-refractivity contribution < 1.29 is 35.8 Å². The highest BCUT2D eigenvalue weighted by Crippen LogP contribution is 2.45. The lowest BCUT2D eigenvalue weighted by Gasteiger charge is -2.31. The van der Waals surface area contributed by atoms with Gasteiger partial charge in [0.25, 0.3) is 6.43 Å². The van der Waals surface area contributed by atoms with Crippen molar-refractivity contribution in [2.45, 2.75) is 50.4 Å². The molecular formula is C29H24F6N6O2S. The smallest absolute Gasteiger partial charge is 0.319 e. The monoisotopic (exact) mass is 634 g/mol. The fraction of sp³-hybridized carbons (Fsp3) is 0.448. The maximum atomic E-state index is 16.6. The third-order valence-corrected chi connectivity index (χ3v) is 9.64. The fourth-order valence-electron chi connectivity index (χ4n) is 6.66. The number of aromatic nitrogens is 3. The van der Waals surface area contributed by atoms with Crippen LogP contribution >= 0.6 is 11.3 Å². The fourth-order valence-corrected chi connectivity index (χ4v) is 7.57. The van der Waals surface area contributed by atoms with Gasteiger partial charge in [-0.25, -0.2) is 26.9 Å². The predicted molar refractivity (Wildman–Crippen MR) is 150 cm³/mol. The second-order valence-corrected chi connectivity index (χ2v) is 12.3. The number of alkyl halides is 3. The summed E-state index contributed by atoms with van der Waals surface area (Å²) in [6.45, 7) is 1.74. The molecule has 0 spiro atoms. The number of nitrogens with zero attached hydrogens (tertiary/aromatic N) is 6. The second kappa shape index (κ2) is 10.6. The molecule has 6 heterocycles. The number of halogens is 6. The molecule has 8 nitrogen and oxygen atoms in total. The Morgan fingerprint density at radius 3 is 2.80 bits per heavy atom. The lowest BCUT2D eigenvalue weighted by atomic mass is 9.95. The molecule has 2 saturated heterocycles. The van der Waals surface area contributed by atoms with E-state index in [1.54, 1.807) is 13.0 Å². The van der Waals surface area contributed by atoms with Gasteiger partial charge in [-0.15, -0.1) is 11.3 Å². The van der Waals surface area contributed by atoms with E-state index in [0.29, 0.717) is 24.3 Å². The van der Waals surface area contributed by atoms with Crippen molar-refractivity contribution in [1.82, 2.24) is 19.9 Å². The van der Waals surface area contributed by atoms with E-state index >= 15 is 4.39 Å². The van der Waals surface area contributed by atoms with Crippen molar-refractivity contribution in [3.05, 3.63) is 34.5 Å². The molecule has 0 N–H and O–H groups in total. The average Bonchev–Trinajstić information content (AvgIpc) is 3.61. The van der Waals surface area contributed by atoms with Crippen LogP contribution in [-0.4, -0.2) is 76.9 Å². The minimum atomic E-state index is -2.78. The SMILES string of the molecule is CC1COc2nc(-c3ccc(F)c4sc(F)c(C#N)c34)c(F)c3nc(OC[C@@]45CCCN4C[C@H](F)C5)nc(c23)N1CC(F)F. The Labute approximate surface area is 250 Å². The van der Waals surface area contributed by atoms with E-state index in [1.807, 2.05) is 4.90 Å². The van der Waals surface area contributed by atoms with Gasteiger partial charge in [0.1, 0.15) is 59.3 Å². The van der Waals surface area contributed by atoms with Gasteiger partial charge in [0.05, 0.1) is 22.8 Å². The third kappa shape index (κ3) is 4.49. The first-order chi connectivity index (χ1) is 21.1. The summed E-state index contributed by atoms with van der Waals surface area (Å²) in [4.78, 5) is 16.4. The number of hydrogen-bond acceptors (Lipinski definition) is 9. The topological polar surface area (TPSA) is 87.4 Å². The molecule has 3 aliphatic heterocycles. The van der Waals surface area contributed by atoms with E-state index < -0.39 is 58.7 Å². The van der Waals surface area contributed by atoms with E-state index in [0.717, 1.165) is 12.5 Å². The van der Waals surface area contributed by atoms with Crippen LogP contribution in [0.4, 0.5) is 32.2 Å². The van der Waals surface area contributed by atoms with Crippen LogP contribution in [0.5, 0.6) is 11.9 Å². The standard InChI is InChI=1S/C29H24F6N6O2S/c1-13-11-42-27-20-23(21(34)22(37-27)15-3-4-17(31)24-19(15)16(8-36)25(35)44-24)38-28(39-26(20)41(13)10-18(32)33)43-12-29-5-2-6-40(29)9-14(30)7-29/h3-4,13-14,18H,2,5-7,9-12H2,1H3/t13?,14-,29+/m1/s1. The number of ether oxygens (including phenoxy) is 2. The number of fused-ring (bicyclic) bond motifs is 2. The van der Waals surface area contributed by atoms with E-state index in [-0.39, 0.29) is 70.4 Å². The minimum Gasteiger partial charge on any atom is -0.475 e. The van der Waals surface area contributed by atoms with Crippen LogP contribution in [0.25, 0.3) is 32.2 Å². The van der Waals surface area contributed by atoms with Gasteiger partial charge in [0.2, 0.25) is 5.88 Å². The number of nitriles is 1. The molecule has 0 amide bonds. The van der Waals surface area contributed by atoms with Crippen LogP contribution in [0.1, 0.15) is 31.7 Å². The quantitative estimate of drug-likeness (QED) is 0.239. The van der Waals surface area contributed by atoms with Gasteiger partial charge in [-0.05, 0) is 38.4 Å². The predicted octanol–water partition coefficient (Wildman–Crippen LogP) is 6.00. The maximum absolute atomic E-state index is 16.6. The van der Waals surface area contributed by atoms with Gasteiger partial charge in [-0.2, -0.15) is 19.6 Å². The van der Waals surface area contributed by atoms with E-state index in [9.17, 15) is 27.2 Å². The zero-order chi connectivity index (χ0) is 30.9. The van der Waals surface area contributed by atoms with Crippen LogP contribution in [0.2, 0.25) is 0 Å². The molecule has 230 valence electrons. The van der Waals surface area contributed by atoms with Crippen LogP contribution in [-0.2, 0) is 0 Å². The Morgan fingerprint density at radius 1 is 1.20 bits per heavy atom. The number of hydrogen-bond donors (Lipinski definition) is 0. The van der Waals surface area contributed by atoms with Gasteiger partial charge in [-0.1, -0.05) is 0 Å². The Balaban J connectivity index is 1.43. The lowest BCUT2D eigenvalue weighted by Crippen LogP contribution is -2.43. The van der Waals surface area contributed by atoms with Gasteiger partial charge in [0, 0.05) is 23.9 Å². The zero-order valence-electron chi connectivity index (χ0n) is 23.2. The van der Waals surface area contributed by atoms with Crippen molar-refractivity contribution in [2.24, 2.45) is 0 Å². The second-order valence-electron chi connectivity index (χ2n) is 11.4. The molecule has 15 heteroatoms. The maximum Gasteiger partial charge on any atom is 0.319 e. The summed E-state index contributed by atoms with van der Waals surface area (Å²) in [6, 6.07) is 2.93. The van der Waals surface area contributed by atoms with Crippen molar-refractivity contribution in [1.29, 1.82) is 5.26 Å². The largest absolute Gasteiger partial charge is 0.475 e. The van der Waals surface area contributed by atoms with Crippen LogP contribution in [0, 0.1) is 28.1 Å². The van der Waals surface area contributed by atoms with Gasteiger partial charge < -0.3 is 14.4 Å². The number of pyridine rings is 1. The molecule has 4 aromatic rings. The number of thiophene rings is 1. The van der Waals surface area contributed by atoms with Gasteiger partial charge in [-0.3, -0.25) is 4.90 Å². The van der Waals surface area contributed by atoms with Crippen LogP contribution < -0.4 is 14.4 Å². The first kappa shape index (κ1) is 28.8. The number of anilines is 1. The summed E-state index contributed by atoms with van der Waals surface area (Å²) in [7, 11) is 0. The van der Waals surface area contributed by atoms with Gasteiger partial charge in [0.15, 0.2) is 10.9 Å². The van der Waals surface area contributed by atoms with Crippen LogP contribution in [0.3, 0.4) is 0 Å². The zero-order valence-corrected chi connectivity index (χ0v) is 24.0. The molecule has 3 aromatic heterocycles. The molecule has 0 aliphatic carbocycles.